The van der Waals surface area contributed by atoms with Crippen LogP contribution in [-0.4, -0.2) is 26.2 Å². The fraction of sp³-hybridized carbons (Fsp3) is 0.533. The minimum atomic E-state index is -4.50. The Kier molecular flexibility index (Phi) is 4.73. The average molecular weight is 297 g/mol. The Morgan fingerprint density at radius 1 is 1.38 bits per heavy atom. The van der Waals surface area contributed by atoms with Crippen molar-refractivity contribution in [2.45, 2.75) is 31.5 Å². The van der Waals surface area contributed by atoms with E-state index in [1.165, 1.54) is 6.07 Å². The third kappa shape index (κ3) is 3.48. The van der Waals surface area contributed by atoms with Crippen LogP contribution in [0.1, 0.15) is 30.4 Å². The number of halogens is 3. The maximum absolute atomic E-state index is 13.0. The minimum absolute atomic E-state index is 0.192. The standard InChI is InChI=1S/C15H18F3N3/c1-20-10-13-4-2-3-7-21(13)12-6-5-11(9-19)14(8-12)15(16,17)18/h5-6,8,13,20H,2-4,7,10H2,1H3. The second-order valence-electron chi connectivity index (χ2n) is 5.24. The SMILES string of the molecule is CNCC1CCCCN1c1ccc(C#N)c(C(F)(F)F)c1. The van der Waals surface area contributed by atoms with Gasteiger partial charge in [-0.3, -0.25) is 0 Å². The monoisotopic (exact) mass is 297 g/mol. The predicted molar refractivity (Wildman–Crippen MR) is 75.1 cm³/mol. The van der Waals surface area contributed by atoms with E-state index in [4.69, 9.17) is 5.26 Å². The highest BCUT2D eigenvalue weighted by Gasteiger charge is 2.34. The lowest BCUT2D eigenvalue weighted by molar-refractivity contribution is -0.137. The number of piperidine rings is 1. The van der Waals surface area contributed by atoms with Crippen LogP contribution < -0.4 is 10.2 Å². The molecule has 6 heteroatoms. The zero-order valence-corrected chi connectivity index (χ0v) is 11.9. The number of nitrogens with zero attached hydrogens (tertiary/aromatic N) is 2. The highest BCUT2D eigenvalue weighted by atomic mass is 19.4. The Morgan fingerprint density at radius 2 is 2.14 bits per heavy atom. The molecule has 0 amide bonds. The fourth-order valence-corrected chi connectivity index (χ4v) is 2.83. The first-order chi connectivity index (χ1) is 9.97. The number of hydrogen-bond donors (Lipinski definition) is 1. The molecule has 1 saturated heterocycles. The second-order valence-corrected chi connectivity index (χ2v) is 5.24. The number of nitriles is 1. The summed E-state index contributed by atoms with van der Waals surface area (Å²) in [7, 11) is 1.84. The van der Waals surface area contributed by atoms with Gasteiger partial charge in [-0.25, -0.2) is 0 Å². The number of hydrogen-bond acceptors (Lipinski definition) is 3. The van der Waals surface area contributed by atoms with Gasteiger partial charge in [-0.15, -0.1) is 0 Å². The number of benzene rings is 1. The lowest BCUT2D eigenvalue weighted by Crippen LogP contribution is -2.45. The van der Waals surface area contributed by atoms with Crippen LogP contribution in [0.25, 0.3) is 0 Å². The molecule has 1 aliphatic rings. The smallest absolute Gasteiger partial charge is 0.367 e. The maximum atomic E-state index is 13.0. The molecule has 0 aliphatic carbocycles. The van der Waals surface area contributed by atoms with Crippen molar-refractivity contribution in [1.29, 1.82) is 5.26 Å². The summed E-state index contributed by atoms with van der Waals surface area (Å²) in [4.78, 5) is 2.01. The van der Waals surface area contributed by atoms with E-state index in [1.807, 2.05) is 11.9 Å². The van der Waals surface area contributed by atoms with E-state index in [1.54, 1.807) is 12.1 Å². The van der Waals surface area contributed by atoms with Crippen molar-refractivity contribution in [3.8, 4) is 6.07 Å². The molecule has 1 fully saturated rings. The molecule has 1 N–H and O–H groups in total. The van der Waals surface area contributed by atoms with Crippen molar-refractivity contribution in [1.82, 2.24) is 5.32 Å². The van der Waals surface area contributed by atoms with Crippen LogP contribution in [0.3, 0.4) is 0 Å². The van der Waals surface area contributed by atoms with Crippen molar-refractivity contribution >= 4 is 5.69 Å². The number of alkyl halides is 3. The zero-order chi connectivity index (χ0) is 15.5. The summed E-state index contributed by atoms with van der Waals surface area (Å²) < 4.78 is 39.1. The van der Waals surface area contributed by atoms with Crippen molar-refractivity contribution < 1.29 is 13.2 Å². The largest absolute Gasteiger partial charge is 0.417 e. The Hall–Kier alpha value is -1.74. The van der Waals surface area contributed by atoms with Gasteiger partial charge in [0.1, 0.15) is 0 Å². The zero-order valence-electron chi connectivity index (χ0n) is 11.9. The van der Waals surface area contributed by atoms with Gasteiger partial charge >= 0.3 is 6.18 Å². The van der Waals surface area contributed by atoms with Crippen molar-refractivity contribution in [2.24, 2.45) is 0 Å². The first kappa shape index (κ1) is 15.6. The summed E-state index contributed by atoms with van der Waals surface area (Å²) in [5.74, 6) is 0. The van der Waals surface area contributed by atoms with Gasteiger partial charge < -0.3 is 10.2 Å². The summed E-state index contributed by atoms with van der Waals surface area (Å²) in [6.45, 7) is 1.48. The van der Waals surface area contributed by atoms with Crippen LogP contribution in [0.15, 0.2) is 18.2 Å². The number of rotatable bonds is 3. The Bertz CT molecular complexity index is 532. The van der Waals surface area contributed by atoms with E-state index in [-0.39, 0.29) is 11.6 Å². The van der Waals surface area contributed by atoms with Gasteiger partial charge in [0.15, 0.2) is 0 Å². The normalized spacial score (nSPS) is 19.4. The summed E-state index contributed by atoms with van der Waals surface area (Å²) >= 11 is 0. The molecule has 114 valence electrons. The van der Waals surface area contributed by atoms with Gasteiger partial charge in [0.2, 0.25) is 0 Å². The molecular weight excluding hydrogens is 279 g/mol. The van der Waals surface area contributed by atoms with Gasteiger partial charge in [0.05, 0.1) is 17.2 Å². The topological polar surface area (TPSA) is 39.1 Å². The van der Waals surface area contributed by atoms with Gasteiger partial charge in [0.25, 0.3) is 0 Å². The lowest BCUT2D eigenvalue weighted by atomic mass is 9.99. The molecule has 0 saturated carbocycles. The van der Waals surface area contributed by atoms with Crippen molar-refractivity contribution in [3.63, 3.8) is 0 Å². The molecule has 3 nitrogen and oxygen atoms in total. The number of likely N-dealkylation sites (N-methyl/N-ethyl adjacent to an activating group) is 1. The van der Waals surface area contributed by atoms with E-state index in [0.29, 0.717) is 5.69 Å². The van der Waals surface area contributed by atoms with Crippen LogP contribution in [0, 0.1) is 11.3 Å². The summed E-state index contributed by atoms with van der Waals surface area (Å²) in [6, 6.07) is 5.79. The molecule has 0 radical (unpaired) electrons. The molecule has 0 bridgehead atoms. The molecule has 1 atom stereocenters. The van der Waals surface area contributed by atoms with E-state index in [9.17, 15) is 13.2 Å². The number of anilines is 1. The molecule has 21 heavy (non-hydrogen) atoms. The molecular formula is C15H18F3N3. The molecule has 1 heterocycles. The van der Waals surface area contributed by atoms with E-state index in [0.717, 1.165) is 38.4 Å². The van der Waals surface area contributed by atoms with Gasteiger partial charge in [-0.2, -0.15) is 18.4 Å². The molecule has 0 spiro atoms. The first-order valence-corrected chi connectivity index (χ1v) is 7.00. The quantitative estimate of drug-likeness (QED) is 0.931. The lowest BCUT2D eigenvalue weighted by Gasteiger charge is -2.38. The molecule has 1 unspecified atom stereocenters. The fourth-order valence-electron chi connectivity index (χ4n) is 2.83. The first-order valence-electron chi connectivity index (χ1n) is 7.00. The van der Waals surface area contributed by atoms with Crippen molar-refractivity contribution in [3.05, 3.63) is 29.3 Å². The average Bonchev–Trinajstić information content (AvgIpc) is 2.46. The van der Waals surface area contributed by atoms with Gasteiger partial charge in [0, 0.05) is 24.8 Å². The summed E-state index contributed by atoms with van der Waals surface area (Å²) in [5.41, 5.74) is -0.633. The summed E-state index contributed by atoms with van der Waals surface area (Å²) in [5, 5.41) is 11.9. The Morgan fingerprint density at radius 3 is 2.76 bits per heavy atom. The van der Waals surface area contributed by atoms with Gasteiger partial charge in [-0.1, -0.05) is 0 Å². The van der Waals surface area contributed by atoms with E-state index < -0.39 is 11.7 Å². The van der Waals surface area contributed by atoms with Crippen molar-refractivity contribution in [2.75, 3.05) is 25.0 Å². The van der Waals surface area contributed by atoms with Crippen LogP contribution in [0.4, 0.5) is 18.9 Å². The molecule has 2 rings (SSSR count). The van der Waals surface area contributed by atoms with E-state index >= 15 is 0 Å². The maximum Gasteiger partial charge on any atom is 0.417 e. The highest BCUT2D eigenvalue weighted by molar-refractivity contribution is 5.55. The predicted octanol–water partition coefficient (Wildman–Crippen LogP) is 3.16. The Labute approximate surface area is 122 Å². The Balaban J connectivity index is 2.37. The van der Waals surface area contributed by atoms with Crippen LogP contribution in [0.2, 0.25) is 0 Å². The minimum Gasteiger partial charge on any atom is -0.367 e. The van der Waals surface area contributed by atoms with Crippen LogP contribution >= 0.6 is 0 Å². The van der Waals surface area contributed by atoms with E-state index in [2.05, 4.69) is 5.32 Å². The third-order valence-electron chi connectivity index (χ3n) is 3.83. The van der Waals surface area contributed by atoms with Gasteiger partial charge in [-0.05, 0) is 44.5 Å². The highest BCUT2D eigenvalue weighted by Crippen LogP contribution is 2.35. The summed E-state index contributed by atoms with van der Waals surface area (Å²) in [6.07, 6.45) is -1.48. The third-order valence-corrected chi connectivity index (χ3v) is 3.83. The molecule has 1 aromatic rings. The second kappa shape index (κ2) is 6.35. The van der Waals surface area contributed by atoms with Crippen LogP contribution in [0.5, 0.6) is 0 Å². The molecule has 1 aliphatic heterocycles. The molecule has 0 aromatic heterocycles. The number of nitrogens with one attached hydrogen (secondary N) is 1. The van der Waals surface area contributed by atoms with Crippen LogP contribution in [-0.2, 0) is 6.18 Å². The molecule has 1 aromatic carbocycles.